The van der Waals surface area contributed by atoms with Crippen molar-refractivity contribution in [3.8, 4) is 0 Å². The lowest BCUT2D eigenvalue weighted by Crippen LogP contribution is -2.50. The lowest BCUT2D eigenvalue weighted by molar-refractivity contribution is -0.121. The molecule has 1 aliphatic carbocycles. The summed E-state index contributed by atoms with van der Waals surface area (Å²) in [4.78, 5) is 11.5. The molecule has 0 N–H and O–H groups in total. The summed E-state index contributed by atoms with van der Waals surface area (Å²) in [6, 6.07) is 16.0. The summed E-state index contributed by atoms with van der Waals surface area (Å²) in [5, 5.41) is 1.71. The Morgan fingerprint density at radius 3 is 2.12 bits per heavy atom. The molecule has 1 nitrogen and oxygen atoms in total. The lowest BCUT2D eigenvalue weighted by atomic mass is 9.77. The molecule has 1 saturated heterocycles. The zero-order valence-electron chi connectivity index (χ0n) is 15.6. The number of hydrogen-bond acceptors (Lipinski definition) is 1. The average Bonchev–Trinajstić information content (AvgIpc) is 2.62. The highest BCUT2D eigenvalue weighted by molar-refractivity contribution is 6.92. The van der Waals surface area contributed by atoms with Crippen LogP contribution >= 0.6 is 0 Å². The van der Waals surface area contributed by atoms with Crippen molar-refractivity contribution in [3.63, 3.8) is 0 Å². The monoisotopic (exact) mass is 342 g/mol. The van der Waals surface area contributed by atoms with Crippen LogP contribution in [-0.4, -0.2) is 13.9 Å². The Kier molecular flexibility index (Phi) is 5.96. The molecule has 0 amide bonds. The molecule has 0 aromatic heterocycles. The van der Waals surface area contributed by atoms with Gasteiger partial charge in [-0.25, -0.2) is 0 Å². The van der Waals surface area contributed by atoms with Gasteiger partial charge < -0.3 is 0 Å². The fraction of sp³-hybridized carbons (Fsp3) is 0.682. The fourth-order valence-corrected chi connectivity index (χ4v) is 10.6. The van der Waals surface area contributed by atoms with Crippen LogP contribution in [0.2, 0.25) is 18.1 Å². The molecule has 0 radical (unpaired) electrons. The Morgan fingerprint density at radius 2 is 1.54 bits per heavy atom. The van der Waals surface area contributed by atoms with E-state index in [1.54, 1.807) is 5.19 Å². The predicted molar refractivity (Wildman–Crippen MR) is 105 cm³/mol. The lowest BCUT2D eigenvalue weighted by Gasteiger charge is -2.42. The van der Waals surface area contributed by atoms with E-state index in [-0.39, 0.29) is 0 Å². The Labute approximate surface area is 149 Å². The summed E-state index contributed by atoms with van der Waals surface area (Å²) >= 11 is 0. The van der Waals surface area contributed by atoms with Gasteiger partial charge in [-0.05, 0) is 30.6 Å². The minimum atomic E-state index is -1.31. The molecule has 2 aliphatic rings. The molecule has 3 rings (SSSR count). The number of rotatable bonds is 5. The summed E-state index contributed by atoms with van der Waals surface area (Å²) in [6.07, 6.45) is 8.32. The first kappa shape index (κ1) is 17.9. The molecule has 1 saturated carbocycles. The minimum absolute atomic E-state index is 0.506. The summed E-state index contributed by atoms with van der Waals surface area (Å²) in [7, 11) is -1.31. The van der Waals surface area contributed by atoms with Crippen LogP contribution < -0.4 is 5.19 Å². The van der Waals surface area contributed by atoms with Crippen LogP contribution in [0.1, 0.15) is 58.8 Å². The molecule has 0 bridgehead atoms. The Bertz CT molecular complexity index is 518. The van der Waals surface area contributed by atoms with E-state index in [1.807, 2.05) is 0 Å². The third kappa shape index (κ3) is 4.19. The molecule has 2 fully saturated rings. The largest absolute Gasteiger partial charge is 0.300 e. The SMILES string of the molecule is CC(C)CC[Si]1(c2ccccc2)CCC(C2CCC(=O)CC2)CC1. The van der Waals surface area contributed by atoms with Crippen LogP contribution in [-0.2, 0) is 4.79 Å². The van der Waals surface area contributed by atoms with Gasteiger partial charge in [0, 0.05) is 12.8 Å². The van der Waals surface area contributed by atoms with Crippen molar-refractivity contribution in [3.05, 3.63) is 30.3 Å². The zero-order valence-corrected chi connectivity index (χ0v) is 16.6. The van der Waals surface area contributed by atoms with E-state index in [4.69, 9.17) is 0 Å². The van der Waals surface area contributed by atoms with Crippen molar-refractivity contribution in [2.75, 3.05) is 0 Å². The highest BCUT2D eigenvalue weighted by atomic mass is 28.3. The smallest absolute Gasteiger partial charge is 0.132 e. The van der Waals surface area contributed by atoms with Crippen molar-refractivity contribution in [2.45, 2.75) is 76.9 Å². The Balaban J connectivity index is 1.67. The number of hydrogen-bond donors (Lipinski definition) is 0. The number of benzene rings is 1. The fourth-order valence-electron chi connectivity index (χ4n) is 5.14. The molecule has 1 heterocycles. The third-order valence-electron chi connectivity index (χ3n) is 6.83. The van der Waals surface area contributed by atoms with Crippen LogP contribution in [0.5, 0.6) is 0 Å². The van der Waals surface area contributed by atoms with Crippen molar-refractivity contribution in [1.29, 1.82) is 0 Å². The molecule has 0 unspecified atom stereocenters. The van der Waals surface area contributed by atoms with E-state index in [1.165, 1.54) is 50.2 Å². The van der Waals surface area contributed by atoms with Gasteiger partial charge in [0.1, 0.15) is 5.78 Å². The molecule has 1 aromatic carbocycles. The molecule has 0 spiro atoms. The number of ketones is 1. The summed E-state index contributed by atoms with van der Waals surface area (Å²) < 4.78 is 0. The second-order valence-corrected chi connectivity index (χ2v) is 13.4. The van der Waals surface area contributed by atoms with Gasteiger partial charge in [-0.1, -0.05) is 86.8 Å². The van der Waals surface area contributed by atoms with E-state index >= 15 is 0 Å². The van der Waals surface area contributed by atoms with Crippen LogP contribution in [0, 0.1) is 17.8 Å². The first-order valence-electron chi connectivity index (χ1n) is 10.2. The van der Waals surface area contributed by atoms with E-state index in [9.17, 15) is 4.79 Å². The quantitative estimate of drug-likeness (QED) is 0.640. The second-order valence-electron chi connectivity index (χ2n) is 8.79. The Hall–Kier alpha value is -0.893. The van der Waals surface area contributed by atoms with Gasteiger partial charge in [-0.2, -0.15) is 0 Å². The number of carbonyl (C=O) groups is 1. The van der Waals surface area contributed by atoms with Crippen molar-refractivity contribution < 1.29 is 4.79 Å². The van der Waals surface area contributed by atoms with Crippen molar-refractivity contribution in [1.82, 2.24) is 0 Å². The standard InChI is InChI=1S/C22H34OSi/c1-18(2)12-15-24(22-6-4-3-5-7-22)16-13-20(14-17-24)19-8-10-21(23)11-9-19/h3-7,18-20H,8-17H2,1-2H3. The normalized spacial score (nSPS) is 29.1. The molecular formula is C22H34OSi. The van der Waals surface area contributed by atoms with Gasteiger partial charge in [0.25, 0.3) is 0 Å². The van der Waals surface area contributed by atoms with E-state index in [0.29, 0.717) is 5.78 Å². The van der Waals surface area contributed by atoms with Gasteiger partial charge in [0.15, 0.2) is 0 Å². The van der Waals surface area contributed by atoms with E-state index in [0.717, 1.165) is 30.6 Å². The molecule has 24 heavy (non-hydrogen) atoms. The zero-order chi connectivity index (χ0) is 17.0. The van der Waals surface area contributed by atoms with Crippen molar-refractivity contribution in [2.24, 2.45) is 17.8 Å². The second kappa shape index (κ2) is 7.99. The average molecular weight is 343 g/mol. The first-order valence-corrected chi connectivity index (χ1v) is 12.8. The highest BCUT2D eigenvalue weighted by Gasteiger charge is 2.40. The predicted octanol–water partition coefficient (Wildman–Crippen LogP) is 5.56. The summed E-state index contributed by atoms with van der Waals surface area (Å²) in [5.74, 6) is 3.07. The first-order chi connectivity index (χ1) is 11.6. The maximum Gasteiger partial charge on any atom is 0.132 e. The van der Waals surface area contributed by atoms with Gasteiger partial charge >= 0.3 is 0 Å². The number of carbonyl (C=O) groups excluding carboxylic acids is 1. The van der Waals surface area contributed by atoms with Crippen molar-refractivity contribution >= 4 is 19.0 Å². The molecule has 0 atom stereocenters. The van der Waals surface area contributed by atoms with E-state index in [2.05, 4.69) is 44.2 Å². The molecule has 2 heteroatoms. The van der Waals surface area contributed by atoms with Gasteiger partial charge in [-0.3, -0.25) is 4.79 Å². The molecular weight excluding hydrogens is 308 g/mol. The maximum absolute atomic E-state index is 11.5. The maximum atomic E-state index is 11.5. The topological polar surface area (TPSA) is 17.1 Å². The third-order valence-corrected chi connectivity index (χ3v) is 12.1. The van der Waals surface area contributed by atoms with Gasteiger partial charge in [-0.15, -0.1) is 0 Å². The van der Waals surface area contributed by atoms with Crippen LogP contribution in [0.4, 0.5) is 0 Å². The van der Waals surface area contributed by atoms with Gasteiger partial charge in [0.2, 0.25) is 0 Å². The number of Topliss-reactive ketones (excluding diaryl/α,β-unsaturated/α-hetero) is 1. The Morgan fingerprint density at radius 1 is 0.958 bits per heavy atom. The molecule has 1 aromatic rings. The van der Waals surface area contributed by atoms with E-state index < -0.39 is 8.07 Å². The van der Waals surface area contributed by atoms with Crippen LogP contribution in [0.3, 0.4) is 0 Å². The van der Waals surface area contributed by atoms with Gasteiger partial charge in [0.05, 0.1) is 8.07 Å². The van der Waals surface area contributed by atoms with Crippen LogP contribution in [0.15, 0.2) is 30.3 Å². The summed E-state index contributed by atoms with van der Waals surface area (Å²) in [6.45, 7) is 4.75. The van der Waals surface area contributed by atoms with Crippen LogP contribution in [0.25, 0.3) is 0 Å². The molecule has 132 valence electrons. The molecule has 1 aliphatic heterocycles. The minimum Gasteiger partial charge on any atom is -0.300 e. The summed E-state index contributed by atoms with van der Waals surface area (Å²) in [5.41, 5.74) is 0. The highest BCUT2D eigenvalue weighted by Crippen LogP contribution is 2.43.